The second-order valence-electron chi connectivity index (χ2n) is 5.03. The summed E-state index contributed by atoms with van der Waals surface area (Å²) in [5, 5.41) is 5.73. The van der Waals surface area contributed by atoms with Crippen molar-refractivity contribution in [3.63, 3.8) is 0 Å². The molecule has 0 radical (unpaired) electrons. The second-order valence-corrected chi connectivity index (χ2v) is 5.88. The number of carbonyl (C=O) groups is 1. The monoisotopic (exact) mass is 256 g/mol. The Morgan fingerprint density at radius 3 is 2.76 bits per heavy atom. The summed E-state index contributed by atoms with van der Waals surface area (Å²) in [5.41, 5.74) is 0.555. The van der Waals surface area contributed by atoms with Crippen molar-refractivity contribution in [1.82, 2.24) is 4.98 Å². The Balaban J connectivity index is 2.59. The zero-order chi connectivity index (χ0) is 13.1. The molecule has 1 aromatic rings. The van der Waals surface area contributed by atoms with Crippen LogP contribution in [-0.4, -0.2) is 24.6 Å². The van der Waals surface area contributed by atoms with Crippen molar-refractivity contribution in [3.05, 3.63) is 11.1 Å². The van der Waals surface area contributed by atoms with Gasteiger partial charge in [0.1, 0.15) is 0 Å². The first-order chi connectivity index (χ1) is 7.86. The molecule has 0 saturated heterocycles. The molecule has 17 heavy (non-hydrogen) atoms. The molecule has 0 aromatic carbocycles. The van der Waals surface area contributed by atoms with Crippen molar-refractivity contribution in [3.8, 4) is 0 Å². The van der Waals surface area contributed by atoms with E-state index in [1.165, 1.54) is 18.4 Å². The van der Waals surface area contributed by atoms with Crippen LogP contribution in [0, 0.1) is 11.3 Å². The summed E-state index contributed by atoms with van der Waals surface area (Å²) in [7, 11) is 1.36. The lowest BCUT2D eigenvalue weighted by Gasteiger charge is -2.29. The van der Waals surface area contributed by atoms with Crippen LogP contribution in [0.2, 0.25) is 0 Å². The van der Waals surface area contributed by atoms with E-state index in [2.05, 4.69) is 42.7 Å². The van der Waals surface area contributed by atoms with E-state index in [1.54, 1.807) is 5.38 Å². The van der Waals surface area contributed by atoms with Crippen LogP contribution in [0.15, 0.2) is 5.38 Å². The topological polar surface area (TPSA) is 51.2 Å². The van der Waals surface area contributed by atoms with Crippen LogP contribution in [0.3, 0.4) is 0 Å². The van der Waals surface area contributed by atoms with Gasteiger partial charge in [-0.1, -0.05) is 27.7 Å². The number of rotatable bonds is 5. The summed E-state index contributed by atoms with van der Waals surface area (Å²) in [5.74, 6) is 0.187. The fourth-order valence-electron chi connectivity index (χ4n) is 1.06. The van der Waals surface area contributed by atoms with Gasteiger partial charge in [0.2, 0.25) is 0 Å². The van der Waals surface area contributed by atoms with Crippen molar-refractivity contribution < 1.29 is 9.53 Å². The van der Waals surface area contributed by atoms with Crippen molar-refractivity contribution >= 4 is 22.4 Å². The van der Waals surface area contributed by atoms with E-state index in [0.29, 0.717) is 11.6 Å². The highest BCUT2D eigenvalue weighted by Gasteiger charge is 2.22. The Morgan fingerprint density at radius 2 is 2.24 bits per heavy atom. The van der Waals surface area contributed by atoms with Gasteiger partial charge in [0.05, 0.1) is 7.11 Å². The maximum absolute atomic E-state index is 11.2. The fourth-order valence-corrected chi connectivity index (χ4v) is 1.74. The highest BCUT2D eigenvalue weighted by Crippen LogP contribution is 2.27. The molecule has 5 heteroatoms. The molecule has 0 aliphatic heterocycles. The number of aromatic nitrogens is 1. The number of carbonyl (C=O) groups excluding carboxylic acids is 1. The van der Waals surface area contributed by atoms with Gasteiger partial charge in [-0.15, -0.1) is 11.3 Å². The number of thiazole rings is 1. The Bertz CT molecular complexity index is 386. The SMILES string of the molecule is COC(=O)c1csc(NCC(C)(C)C(C)C)n1. The summed E-state index contributed by atoms with van der Waals surface area (Å²) in [6, 6.07) is 0. The molecule has 1 N–H and O–H groups in total. The predicted octanol–water partition coefficient (Wildman–Crippen LogP) is 3.02. The highest BCUT2D eigenvalue weighted by atomic mass is 32.1. The molecule has 1 rings (SSSR count). The molecule has 0 bridgehead atoms. The van der Waals surface area contributed by atoms with Crippen LogP contribution in [-0.2, 0) is 4.74 Å². The molecular weight excluding hydrogens is 236 g/mol. The van der Waals surface area contributed by atoms with Gasteiger partial charge in [0.25, 0.3) is 0 Å². The van der Waals surface area contributed by atoms with E-state index in [0.717, 1.165) is 11.7 Å². The maximum Gasteiger partial charge on any atom is 0.357 e. The van der Waals surface area contributed by atoms with E-state index in [4.69, 9.17) is 0 Å². The summed E-state index contributed by atoms with van der Waals surface area (Å²) in [6.07, 6.45) is 0. The number of methoxy groups -OCH3 is 1. The minimum atomic E-state index is -0.391. The Labute approximate surface area is 106 Å². The number of anilines is 1. The van der Waals surface area contributed by atoms with Crippen molar-refractivity contribution in [2.75, 3.05) is 19.0 Å². The quantitative estimate of drug-likeness (QED) is 0.823. The average Bonchev–Trinajstić information content (AvgIpc) is 2.74. The van der Waals surface area contributed by atoms with Crippen molar-refractivity contribution in [1.29, 1.82) is 0 Å². The summed E-state index contributed by atoms with van der Waals surface area (Å²) >= 11 is 1.42. The highest BCUT2D eigenvalue weighted by molar-refractivity contribution is 7.13. The Hall–Kier alpha value is -1.10. The first kappa shape index (κ1) is 14.0. The summed E-state index contributed by atoms with van der Waals surface area (Å²) < 4.78 is 4.61. The number of ether oxygens (including phenoxy) is 1. The number of hydrogen-bond donors (Lipinski definition) is 1. The molecule has 0 aliphatic rings. The third-order valence-electron chi connectivity index (χ3n) is 3.16. The van der Waals surface area contributed by atoms with Crippen LogP contribution in [0.25, 0.3) is 0 Å². The summed E-state index contributed by atoms with van der Waals surface area (Å²) in [6.45, 7) is 9.64. The first-order valence-corrected chi connectivity index (χ1v) is 6.52. The number of nitrogens with one attached hydrogen (secondary N) is 1. The van der Waals surface area contributed by atoms with Crippen LogP contribution < -0.4 is 5.32 Å². The average molecular weight is 256 g/mol. The van der Waals surface area contributed by atoms with Gasteiger partial charge in [-0.3, -0.25) is 0 Å². The molecule has 0 amide bonds. The zero-order valence-corrected chi connectivity index (χ0v) is 11.9. The smallest absolute Gasteiger partial charge is 0.357 e. The number of esters is 1. The van der Waals surface area contributed by atoms with E-state index in [-0.39, 0.29) is 5.41 Å². The van der Waals surface area contributed by atoms with E-state index in [1.807, 2.05) is 0 Å². The molecule has 1 heterocycles. The van der Waals surface area contributed by atoms with E-state index in [9.17, 15) is 4.79 Å². The van der Waals surface area contributed by atoms with E-state index < -0.39 is 5.97 Å². The fraction of sp³-hybridized carbons (Fsp3) is 0.667. The molecule has 0 unspecified atom stereocenters. The second kappa shape index (κ2) is 5.49. The van der Waals surface area contributed by atoms with Gasteiger partial charge in [0.15, 0.2) is 10.8 Å². The predicted molar refractivity (Wildman–Crippen MR) is 70.6 cm³/mol. The molecule has 1 aromatic heterocycles. The van der Waals surface area contributed by atoms with Crippen LogP contribution >= 0.6 is 11.3 Å². The standard InChI is InChI=1S/C12H20N2O2S/c1-8(2)12(3,4)7-13-11-14-9(6-17-11)10(15)16-5/h6,8H,7H2,1-5H3,(H,13,14). The van der Waals surface area contributed by atoms with Gasteiger partial charge in [-0.25, -0.2) is 9.78 Å². The van der Waals surface area contributed by atoms with Gasteiger partial charge in [-0.05, 0) is 11.3 Å². The first-order valence-electron chi connectivity index (χ1n) is 5.64. The molecule has 0 fully saturated rings. The van der Waals surface area contributed by atoms with Gasteiger partial charge < -0.3 is 10.1 Å². The normalized spacial score (nSPS) is 11.6. The van der Waals surface area contributed by atoms with E-state index >= 15 is 0 Å². The summed E-state index contributed by atoms with van der Waals surface area (Å²) in [4.78, 5) is 15.4. The minimum absolute atomic E-state index is 0.192. The van der Waals surface area contributed by atoms with Crippen LogP contribution in [0.4, 0.5) is 5.13 Å². The third-order valence-corrected chi connectivity index (χ3v) is 3.96. The largest absolute Gasteiger partial charge is 0.464 e. The third kappa shape index (κ3) is 3.70. The lowest BCUT2D eigenvalue weighted by molar-refractivity contribution is 0.0595. The van der Waals surface area contributed by atoms with Gasteiger partial charge in [0, 0.05) is 11.9 Å². The molecule has 4 nitrogen and oxygen atoms in total. The molecule has 96 valence electrons. The van der Waals surface area contributed by atoms with Crippen LogP contribution in [0.5, 0.6) is 0 Å². The van der Waals surface area contributed by atoms with Crippen molar-refractivity contribution in [2.45, 2.75) is 27.7 Å². The van der Waals surface area contributed by atoms with Gasteiger partial charge >= 0.3 is 5.97 Å². The molecule has 0 saturated carbocycles. The molecular formula is C12H20N2O2S. The maximum atomic E-state index is 11.2. The lowest BCUT2D eigenvalue weighted by Crippen LogP contribution is -2.28. The Kier molecular flexibility index (Phi) is 4.51. The molecule has 0 atom stereocenters. The van der Waals surface area contributed by atoms with Crippen molar-refractivity contribution in [2.24, 2.45) is 11.3 Å². The van der Waals surface area contributed by atoms with Gasteiger partial charge in [-0.2, -0.15) is 0 Å². The molecule has 0 spiro atoms. The Morgan fingerprint density at radius 1 is 1.59 bits per heavy atom. The number of hydrogen-bond acceptors (Lipinski definition) is 5. The minimum Gasteiger partial charge on any atom is -0.464 e. The molecule has 0 aliphatic carbocycles. The zero-order valence-electron chi connectivity index (χ0n) is 11.0. The lowest BCUT2D eigenvalue weighted by atomic mass is 9.81. The number of nitrogens with zero attached hydrogens (tertiary/aromatic N) is 1. The van der Waals surface area contributed by atoms with Crippen LogP contribution in [0.1, 0.15) is 38.2 Å².